The van der Waals surface area contributed by atoms with Gasteiger partial charge >= 0.3 is 5.97 Å². The van der Waals surface area contributed by atoms with Crippen LogP contribution in [-0.2, 0) is 0 Å². The topological polar surface area (TPSA) is 87.7 Å². The summed E-state index contributed by atoms with van der Waals surface area (Å²) in [6.07, 6.45) is 0. The van der Waals surface area contributed by atoms with Crippen molar-refractivity contribution in [2.45, 2.75) is 0 Å². The predicted octanol–water partition coefficient (Wildman–Crippen LogP) is 5.57. The first-order chi connectivity index (χ1) is 12.6. The Morgan fingerprint density at radius 1 is 1.00 bits per heavy atom. The van der Waals surface area contributed by atoms with Crippen molar-refractivity contribution in [2.75, 3.05) is 12.4 Å². The van der Waals surface area contributed by atoms with Crippen LogP contribution >= 0.6 is 75.9 Å². The first kappa shape index (κ1) is 22.3. The van der Waals surface area contributed by atoms with Gasteiger partial charge in [-0.1, -0.05) is 31.9 Å². The van der Waals surface area contributed by atoms with Crippen LogP contribution < -0.4 is 15.4 Å². The van der Waals surface area contributed by atoms with Crippen molar-refractivity contribution in [2.24, 2.45) is 0 Å². The molecule has 2 rings (SSSR count). The molecule has 0 aliphatic carbocycles. The van der Waals surface area contributed by atoms with E-state index in [0.717, 1.165) is 0 Å². The lowest BCUT2D eigenvalue weighted by atomic mass is 10.2. The number of ether oxygens (including phenoxy) is 1. The number of rotatable bonds is 4. The quantitative estimate of drug-likeness (QED) is 0.377. The van der Waals surface area contributed by atoms with Gasteiger partial charge in [0.1, 0.15) is 5.75 Å². The Balaban J connectivity index is 2.28. The summed E-state index contributed by atoms with van der Waals surface area (Å²) in [6.45, 7) is 0. The van der Waals surface area contributed by atoms with Crippen LogP contribution in [0.3, 0.4) is 0 Å². The van der Waals surface area contributed by atoms with E-state index in [9.17, 15) is 14.7 Å². The Labute approximate surface area is 193 Å². The molecule has 2 aromatic rings. The van der Waals surface area contributed by atoms with Crippen LogP contribution in [0.2, 0.25) is 0 Å². The number of benzene rings is 2. The molecule has 6 nitrogen and oxygen atoms in total. The SMILES string of the molecule is COc1c(Br)cc(Br)cc1C(=O)NC(=S)Nc1c(Br)cc(Br)cc1C(=O)O. The molecule has 0 saturated carbocycles. The van der Waals surface area contributed by atoms with Gasteiger partial charge < -0.3 is 15.2 Å². The molecule has 0 heterocycles. The van der Waals surface area contributed by atoms with Gasteiger partial charge in [0.25, 0.3) is 5.91 Å². The lowest BCUT2D eigenvalue weighted by Gasteiger charge is -2.15. The zero-order valence-electron chi connectivity index (χ0n) is 13.4. The molecule has 0 atom stereocenters. The minimum absolute atomic E-state index is 0.0179. The second kappa shape index (κ2) is 9.46. The fraction of sp³-hybridized carbons (Fsp3) is 0.0625. The van der Waals surface area contributed by atoms with Crippen molar-refractivity contribution in [3.63, 3.8) is 0 Å². The minimum Gasteiger partial charge on any atom is -0.495 e. The zero-order chi connectivity index (χ0) is 20.3. The summed E-state index contributed by atoms with van der Waals surface area (Å²) < 4.78 is 7.56. The second-order valence-corrected chi connectivity index (χ2v) is 8.94. The maximum Gasteiger partial charge on any atom is 0.337 e. The van der Waals surface area contributed by atoms with Crippen molar-refractivity contribution < 1.29 is 19.4 Å². The first-order valence-corrected chi connectivity index (χ1v) is 10.6. The number of nitrogens with one attached hydrogen (secondary N) is 2. The smallest absolute Gasteiger partial charge is 0.337 e. The molecule has 0 unspecified atom stereocenters. The molecule has 0 saturated heterocycles. The van der Waals surface area contributed by atoms with Gasteiger partial charge in [-0.15, -0.1) is 0 Å². The summed E-state index contributed by atoms with van der Waals surface area (Å²) in [6, 6.07) is 6.41. The normalized spacial score (nSPS) is 10.3. The van der Waals surface area contributed by atoms with Crippen LogP contribution in [-0.4, -0.2) is 29.2 Å². The summed E-state index contributed by atoms with van der Waals surface area (Å²) >= 11 is 18.3. The average Bonchev–Trinajstić information content (AvgIpc) is 2.56. The molecular formula is C16H10Br4N2O4S. The number of methoxy groups -OCH3 is 1. The predicted molar refractivity (Wildman–Crippen MR) is 121 cm³/mol. The molecule has 0 bridgehead atoms. The number of carbonyl (C=O) groups excluding carboxylic acids is 1. The van der Waals surface area contributed by atoms with Crippen molar-refractivity contribution >= 4 is 98.6 Å². The molecule has 1 amide bonds. The Hall–Kier alpha value is -1.01. The summed E-state index contributed by atoms with van der Waals surface area (Å²) in [5.74, 6) is -1.32. The third kappa shape index (κ3) is 5.50. The second-order valence-electron chi connectivity index (χ2n) is 4.99. The number of carbonyl (C=O) groups is 2. The fourth-order valence-corrected chi connectivity index (χ4v) is 5.03. The average molecular weight is 646 g/mol. The number of thiocarbonyl (C=S) groups is 1. The van der Waals surface area contributed by atoms with Gasteiger partial charge in [0, 0.05) is 13.4 Å². The van der Waals surface area contributed by atoms with Crippen molar-refractivity contribution in [1.29, 1.82) is 0 Å². The third-order valence-corrected chi connectivity index (χ3v) is 5.54. The highest BCUT2D eigenvalue weighted by atomic mass is 79.9. The monoisotopic (exact) mass is 642 g/mol. The molecule has 2 aromatic carbocycles. The van der Waals surface area contributed by atoms with Gasteiger partial charge in [-0.2, -0.15) is 0 Å². The number of hydrogen-bond acceptors (Lipinski definition) is 4. The van der Waals surface area contributed by atoms with Crippen LogP contribution in [0.1, 0.15) is 20.7 Å². The Kier molecular flexibility index (Phi) is 7.81. The zero-order valence-corrected chi connectivity index (χ0v) is 20.6. The van der Waals surface area contributed by atoms with Crippen LogP contribution in [0.4, 0.5) is 5.69 Å². The van der Waals surface area contributed by atoms with E-state index in [0.29, 0.717) is 23.6 Å². The first-order valence-electron chi connectivity index (χ1n) is 7.01. The van der Waals surface area contributed by atoms with Gasteiger partial charge in [-0.25, -0.2) is 4.79 Å². The molecule has 0 radical (unpaired) electrons. The molecule has 0 aromatic heterocycles. The lowest BCUT2D eigenvalue weighted by molar-refractivity contribution is 0.0697. The highest BCUT2D eigenvalue weighted by molar-refractivity contribution is 9.11. The van der Waals surface area contributed by atoms with Gasteiger partial charge in [0.2, 0.25) is 0 Å². The number of carboxylic acids is 1. The fourth-order valence-electron chi connectivity index (χ4n) is 2.12. The Morgan fingerprint density at radius 2 is 1.56 bits per heavy atom. The molecule has 0 spiro atoms. The molecule has 0 fully saturated rings. The molecule has 27 heavy (non-hydrogen) atoms. The molecule has 142 valence electrons. The summed E-state index contributed by atoms with van der Waals surface area (Å²) in [5, 5.41) is 14.6. The largest absolute Gasteiger partial charge is 0.495 e. The molecule has 3 N–H and O–H groups in total. The highest BCUT2D eigenvalue weighted by Gasteiger charge is 2.20. The van der Waals surface area contributed by atoms with Crippen molar-refractivity contribution in [1.82, 2.24) is 5.32 Å². The van der Waals surface area contributed by atoms with Crippen molar-refractivity contribution in [3.8, 4) is 5.75 Å². The number of amides is 1. The molecular weight excluding hydrogens is 636 g/mol. The third-order valence-electron chi connectivity index (χ3n) is 3.21. The molecule has 11 heteroatoms. The lowest BCUT2D eigenvalue weighted by Crippen LogP contribution is -2.35. The van der Waals surface area contributed by atoms with Crippen LogP contribution in [0.25, 0.3) is 0 Å². The summed E-state index contributed by atoms with van der Waals surface area (Å²) in [7, 11) is 1.44. The highest BCUT2D eigenvalue weighted by Crippen LogP contribution is 2.33. The Bertz CT molecular complexity index is 953. The van der Waals surface area contributed by atoms with Crippen LogP contribution in [0, 0.1) is 0 Å². The number of halogens is 4. The summed E-state index contributed by atoms with van der Waals surface area (Å²) in [4.78, 5) is 24.1. The van der Waals surface area contributed by atoms with Crippen LogP contribution in [0.5, 0.6) is 5.75 Å². The maximum atomic E-state index is 12.6. The molecule has 0 aliphatic heterocycles. The van der Waals surface area contributed by atoms with E-state index in [-0.39, 0.29) is 21.9 Å². The number of aromatic carboxylic acids is 1. The standard InChI is InChI=1S/C16H10Br4N2O4S/c1-26-13-9(3-7(18)5-11(13)20)14(23)22-16(27)21-12-8(15(24)25)2-6(17)4-10(12)19/h2-5H,1H3,(H,24,25)(H2,21,22,23,27). The Morgan fingerprint density at radius 3 is 2.11 bits per heavy atom. The number of hydrogen-bond donors (Lipinski definition) is 3. The van der Waals surface area contributed by atoms with Crippen LogP contribution in [0.15, 0.2) is 42.2 Å². The van der Waals surface area contributed by atoms with E-state index in [1.54, 1.807) is 18.2 Å². The van der Waals surface area contributed by atoms with Crippen molar-refractivity contribution in [3.05, 3.63) is 53.3 Å². The van der Waals surface area contributed by atoms with Gasteiger partial charge in [0.15, 0.2) is 5.11 Å². The van der Waals surface area contributed by atoms with E-state index in [2.05, 4.69) is 74.4 Å². The number of carboxylic acid groups (broad SMARTS) is 1. The van der Waals surface area contributed by atoms with Gasteiger partial charge in [0.05, 0.1) is 28.4 Å². The van der Waals surface area contributed by atoms with Gasteiger partial charge in [-0.3, -0.25) is 10.1 Å². The maximum absolute atomic E-state index is 12.6. The van der Waals surface area contributed by atoms with E-state index in [1.807, 2.05) is 0 Å². The van der Waals surface area contributed by atoms with E-state index in [1.165, 1.54) is 13.2 Å². The van der Waals surface area contributed by atoms with E-state index >= 15 is 0 Å². The van der Waals surface area contributed by atoms with Gasteiger partial charge in [-0.05, 0) is 68.3 Å². The van der Waals surface area contributed by atoms with E-state index < -0.39 is 11.9 Å². The molecule has 0 aliphatic rings. The number of anilines is 1. The summed E-state index contributed by atoms with van der Waals surface area (Å²) in [5.41, 5.74) is 0.449. The van der Waals surface area contributed by atoms with E-state index in [4.69, 9.17) is 17.0 Å². The minimum atomic E-state index is -1.15.